The van der Waals surface area contributed by atoms with Gasteiger partial charge in [0, 0.05) is 12.1 Å². The van der Waals surface area contributed by atoms with Gasteiger partial charge in [0.1, 0.15) is 0 Å². The van der Waals surface area contributed by atoms with Crippen molar-refractivity contribution in [3.8, 4) is 0 Å². The molecule has 0 aromatic heterocycles. The van der Waals surface area contributed by atoms with E-state index in [1.54, 1.807) is 0 Å². The van der Waals surface area contributed by atoms with Crippen LogP contribution in [0.1, 0.15) is 12.8 Å². The number of piperidine rings is 1. The van der Waals surface area contributed by atoms with Gasteiger partial charge in [0.05, 0.1) is 6.61 Å². The Kier molecular flexibility index (Phi) is 0.866. The van der Waals surface area contributed by atoms with Crippen LogP contribution in [0.25, 0.3) is 0 Å². The molecule has 2 nitrogen and oxygen atoms in total. The van der Waals surface area contributed by atoms with Gasteiger partial charge in [-0.2, -0.15) is 0 Å². The van der Waals surface area contributed by atoms with E-state index in [2.05, 4.69) is 5.32 Å². The van der Waals surface area contributed by atoms with Crippen molar-refractivity contribution in [1.82, 2.24) is 5.32 Å². The van der Waals surface area contributed by atoms with Crippen LogP contribution in [0.15, 0.2) is 0 Å². The molecule has 2 aliphatic rings. The van der Waals surface area contributed by atoms with Crippen LogP contribution in [0, 0.1) is 5.92 Å². The normalized spacial score (nSPS) is 51.4. The van der Waals surface area contributed by atoms with E-state index in [0.717, 1.165) is 12.0 Å². The molecule has 1 unspecified atom stereocenters. The summed E-state index contributed by atoms with van der Waals surface area (Å²) in [6, 6.07) is 1.21. The maximum absolute atomic E-state index is 8.64. The first-order valence-electron chi connectivity index (χ1n) is 3.27. The third kappa shape index (κ3) is 0.565. The summed E-state index contributed by atoms with van der Waals surface area (Å²) >= 11 is 0. The number of aliphatic hydroxyl groups excluding tert-OH is 1. The molecule has 0 aromatic rings. The Morgan fingerprint density at radius 1 is 1.50 bits per heavy atom. The van der Waals surface area contributed by atoms with Crippen LogP contribution >= 0.6 is 0 Å². The zero-order valence-corrected chi connectivity index (χ0v) is 4.80. The molecule has 2 rings (SSSR count). The number of rotatable bonds is 1. The Balaban J connectivity index is 1.89. The summed E-state index contributed by atoms with van der Waals surface area (Å²) < 4.78 is 0. The lowest BCUT2D eigenvalue weighted by Crippen LogP contribution is -2.28. The highest BCUT2D eigenvalue weighted by atomic mass is 16.3. The first-order valence-corrected chi connectivity index (χ1v) is 3.27. The van der Waals surface area contributed by atoms with Gasteiger partial charge in [0.25, 0.3) is 0 Å². The van der Waals surface area contributed by atoms with Gasteiger partial charge in [0.2, 0.25) is 0 Å². The summed E-state index contributed by atoms with van der Waals surface area (Å²) in [5, 5.41) is 12.0. The van der Waals surface area contributed by atoms with E-state index in [1.807, 2.05) is 0 Å². The van der Waals surface area contributed by atoms with Gasteiger partial charge in [-0.15, -0.1) is 0 Å². The molecule has 46 valence electrons. The molecule has 2 heteroatoms. The fourth-order valence-electron chi connectivity index (χ4n) is 1.58. The van der Waals surface area contributed by atoms with Gasteiger partial charge in [0.15, 0.2) is 0 Å². The predicted octanol–water partition coefficient (Wildman–Crippen LogP) is -0.271. The minimum atomic E-state index is 0.326. The molecule has 1 aliphatic heterocycles. The summed E-state index contributed by atoms with van der Waals surface area (Å²) in [6.45, 7) is 0.326. The van der Waals surface area contributed by atoms with Crippen LogP contribution in [-0.2, 0) is 0 Å². The highest BCUT2D eigenvalue weighted by Crippen LogP contribution is 2.40. The van der Waals surface area contributed by atoms with Crippen molar-refractivity contribution < 1.29 is 5.11 Å². The topological polar surface area (TPSA) is 32.3 Å². The molecular formula is C6H11NO. The monoisotopic (exact) mass is 113 g/mol. The summed E-state index contributed by atoms with van der Waals surface area (Å²) in [5.74, 6) is 0.923. The van der Waals surface area contributed by atoms with E-state index >= 15 is 0 Å². The molecular weight excluding hydrogens is 102 g/mol. The predicted molar refractivity (Wildman–Crippen MR) is 30.5 cm³/mol. The lowest BCUT2D eigenvalue weighted by Gasteiger charge is -2.06. The second-order valence-electron chi connectivity index (χ2n) is 2.88. The van der Waals surface area contributed by atoms with Crippen molar-refractivity contribution in [3.63, 3.8) is 0 Å². The quantitative estimate of drug-likeness (QED) is 0.490. The molecule has 1 heterocycles. The van der Waals surface area contributed by atoms with Crippen LogP contribution in [0.5, 0.6) is 0 Å². The lowest BCUT2D eigenvalue weighted by molar-refractivity contribution is 0.246. The number of fused-ring (bicyclic) bond motifs is 1. The van der Waals surface area contributed by atoms with Gasteiger partial charge in [-0.3, -0.25) is 0 Å². The second kappa shape index (κ2) is 1.45. The van der Waals surface area contributed by atoms with Gasteiger partial charge in [-0.25, -0.2) is 0 Å². The first kappa shape index (κ1) is 4.77. The molecule has 1 saturated heterocycles. The Labute approximate surface area is 48.9 Å². The standard InChI is InChI=1S/C6H11NO/c8-3-5-1-4-2-6(4)7-5/h4-8H,1-3H2/t4-,5?,6-/m1/s1. The van der Waals surface area contributed by atoms with E-state index in [4.69, 9.17) is 5.11 Å². The molecule has 1 aliphatic carbocycles. The summed E-state index contributed by atoms with van der Waals surface area (Å²) in [4.78, 5) is 0. The lowest BCUT2D eigenvalue weighted by atomic mass is 10.2. The van der Waals surface area contributed by atoms with Crippen LogP contribution in [0.4, 0.5) is 0 Å². The van der Waals surface area contributed by atoms with Crippen LogP contribution in [-0.4, -0.2) is 23.8 Å². The van der Waals surface area contributed by atoms with E-state index < -0.39 is 0 Å². The largest absolute Gasteiger partial charge is 0.395 e. The third-order valence-electron chi connectivity index (χ3n) is 2.18. The highest BCUT2D eigenvalue weighted by Gasteiger charge is 2.45. The first-order chi connectivity index (χ1) is 3.90. The van der Waals surface area contributed by atoms with E-state index in [-0.39, 0.29) is 0 Å². The fraction of sp³-hybridized carbons (Fsp3) is 1.00. The molecule has 3 atom stereocenters. The molecule has 0 bridgehead atoms. The SMILES string of the molecule is OCC1C[C@@H]2C[C@H]2N1. The smallest absolute Gasteiger partial charge is 0.0584 e. The van der Waals surface area contributed by atoms with Gasteiger partial charge in [-0.05, 0) is 18.8 Å². The van der Waals surface area contributed by atoms with Crippen molar-refractivity contribution in [2.24, 2.45) is 5.92 Å². The van der Waals surface area contributed by atoms with Gasteiger partial charge >= 0.3 is 0 Å². The highest BCUT2D eigenvalue weighted by molar-refractivity contribution is 5.02. The van der Waals surface area contributed by atoms with Gasteiger partial charge < -0.3 is 10.4 Å². The van der Waals surface area contributed by atoms with Crippen LogP contribution in [0.2, 0.25) is 0 Å². The average molecular weight is 113 g/mol. The van der Waals surface area contributed by atoms with Gasteiger partial charge in [-0.1, -0.05) is 0 Å². The number of nitrogens with one attached hydrogen (secondary N) is 1. The maximum Gasteiger partial charge on any atom is 0.0584 e. The molecule has 2 fully saturated rings. The molecule has 2 N–H and O–H groups in total. The minimum absolute atomic E-state index is 0.326. The van der Waals surface area contributed by atoms with E-state index in [0.29, 0.717) is 12.6 Å². The van der Waals surface area contributed by atoms with Crippen molar-refractivity contribution >= 4 is 0 Å². The Bertz CT molecular complexity index is 94.7. The Morgan fingerprint density at radius 2 is 2.38 bits per heavy atom. The van der Waals surface area contributed by atoms with E-state index in [9.17, 15) is 0 Å². The Hall–Kier alpha value is -0.0800. The zero-order valence-electron chi connectivity index (χ0n) is 4.80. The van der Waals surface area contributed by atoms with Crippen LogP contribution < -0.4 is 5.32 Å². The number of hydrogen-bond donors (Lipinski definition) is 2. The molecule has 0 aromatic carbocycles. The fourth-order valence-corrected chi connectivity index (χ4v) is 1.58. The number of hydrogen-bond acceptors (Lipinski definition) is 2. The molecule has 1 saturated carbocycles. The molecule has 8 heavy (non-hydrogen) atoms. The minimum Gasteiger partial charge on any atom is -0.395 e. The summed E-state index contributed by atoms with van der Waals surface area (Å²) in [7, 11) is 0. The molecule has 0 radical (unpaired) electrons. The Morgan fingerprint density at radius 3 is 2.75 bits per heavy atom. The average Bonchev–Trinajstić information content (AvgIpc) is 2.40. The molecule has 0 amide bonds. The van der Waals surface area contributed by atoms with E-state index in [1.165, 1.54) is 12.8 Å². The second-order valence-corrected chi connectivity index (χ2v) is 2.88. The van der Waals surface area contributed by atoms with Crippen molar-refractivity contribution in [2.75, 3.05) is 6.61 Å². The third-order valence-corrected chi connectivity index (χ3v) is 2.18. The zero-order chi connectivity index (χ0) is 5.56. The van der Waals surface area contributed by atoms with Crippen LogP contribution in [0.3, 0.4) is 0 Å². The summed E-state index contributed by atoms with van der Waals surface area (Å²) in [6.07, 6.45) is 2.57. The maximum atomic E-state index is 8.64. The summed E-state index contributed by atoms with van der Waals surface area (Å²) in [5.41, 5.74) is 0. The van der Waals surface area contributed by atoms with Crippen molar-refractivity contribution in [2.45, 2.75) is 24.9 Å². The number of aliphatic hydroxyl groups is 1. The van der Waals surface area contributed by atoms with Crippen molar-refractivity contribution in [1.29, 1.82) is 0 Å². The van der Waals surface area contributed by atoms with Crippen molar-refractivity contribution in [3.05, 3.63) is 0 Å². The molecule has 0 spiro atoms.